The Labute approximate surface area is 162 Å². The SMILES string of the molecule is CC(=O)NCCn1nc(C2CCN(Cc3cccc(F)c3)C2)c2nccnc21. The van der Waals surface area contributed by atoms with Crippen molar-refractivity contribution in [2.75, 3.05) is 19.6 Å². The Balaban J connectivity index is 1.50. The lowest BCUT2D eigenvalue weighted by molar-refractivity contribution is -0.118. The summed E-state index contributed by atoms with van der Waals surface area (Å²) in [7, 11) is 0. The largest absolute Gasteiger partial charge is 0.354 e. The quantitative estimate of drug-likeness (QED) is 0.707. The maximum absolute atomic E-state index is 13.4. The van der Waals surface area contributed by atoms with Crippen molar-refractivity contribution in [3.8, 4) is 0 Å². The highest BCUT2D eigenvalue weighted by Gasteiger charge is 2.29. The molecule has 0 saturated carbocycles. The van der Waals surface area contributed by atoms with E-state index in [1.54, 1.807) is 24.5 Å². The Morgan fingerprint density at radius 1 is 1.32 bits per heavy atom. The number of carbonyl (C=O) groups is 1. The van der Waals surface area contributed by atoms with Gasteiger partial charge < -0.3 is 5.32 Å². The highest BCUT2D eigenvalue weighted by molar-refractivity contribution is 5.74. The molecule has 1 N–H and O–H groups in total. The molecule has 0 spiro atoms. The van der Waals surface area contributed by atoms with Gasteiger partial charge in [-0.2, -0.15) is 5.10 Å². The van der Waals surface area contributed by atoms with Crippen LogP contribution in [0.4, 0.5) is 4.39 Å². The third-order valence-electron chi connectivity index (χ3n) is 5.05. The van der Waals surface area contributed by atoms with Gasteiger partial charge in [-0.05, 0) is 30.7 Å². The van der Waals surface area contributed by atoms with Gasteiger partial charge in [0.15, 0.2) is 5.65 Å². The molecule has 1 aliphatic heterocycles. The predicted octanol–water partition coefficient (Wildman–Crippen LogP) is 2.09. The Morgan fingerprint density at radius 3 is 3.00 bits per heavy atom. The third kappa shape index (κ3) is 4.01. The number of hydrogen-bond donors (Lipinski definition) is 1. The lowest BCUT2D eigenvalue weighted by Gasteiger charge is -2.15. The molecule has 8 heteroatoms. The molecule has 1 fully saturated rings. The van der Waals surface area contributed by atoms with Crippen molar-refractivity contribution in [1.82, 2.24) is 30.0 Å². The number of halogens is 1. The number of aromatic nitrogens is 4. The van der Waals surface area contributed by atoms with Gasteiger partial charge in [-0.25, -0.2) is 19.0 Å². The average Bonchev–Trinajstić information content (AvgIpc) is 3.26. The molecule has 7 nitrogen and oxygen atoms in total. The summed E-state index contributed by atoms with van der Waals surface area (Å²) in [5.41, 5.74) is 3.49. The number of hydrogen-bond acceptors (Lipinski definition) is 5. The molecule has 2 aromatic heterocycles. The minimum absolute atomic E-state index is 0.0634. The van der Waals surface area contributed by atoms with Crippen LogP contribution in [0.3, 0.4) is 0 Å². The van der Waals surface area contributed by atoms with Gasteiger partial charge in [0, 0.05) is 44.9 Å². The zero-order valence-corrected chi connectivity index (χ0v) is 15.8. The zero-order valence-electron chi connectivity index (χ0n) is 15.8. The van der Waals surface area contributed by atoms with E-state index in [9.17, 15) is 9.18 Å². The smallest absolute Gasteiger partial charge is 0.216 e. The highest BCUT2D eigenvalue weighted by Crippen LogP contribution is 2.31. The number of likely N-dealkylation sites (tertiary alicyclic amines) is 1. The number of benzene rings is 1. The summed E-state index contributed by atoms with van der Waals surface area (Å²) in [6.45, 7) is 5.05. The predicted molar refractivity (Wildman–Crippen MR) is 103 cm³/mol. The number of fused-ring (bicyclic) bond motifs is 1. The van der Waals surface area contributed by atoms with Gasteiger partial charge in [0.2, 0.25) is 5.91 Å². The number of carbonyl (C=O) groups excluding carboxylic acids is 1. The van der Waals surface area contributed by atoms with E-state index in [1.807, 2.05) is 10.7 Å². The van der Waals surface area contributed by atoms with Gasteiger partial charge >= 0.3 is 0 Å². The monoisotopic (exact) mass is 382 g/mol. The molecule has 0 bridgehead atoms. The molecule has 1 amide bonds. The molecule has 3 aromatic rings. The van der Waals surface area contributed by atoms with Crippen molar-refractivity contribution >= 4 is 17.1 Å². The average molecular weight is 382 g/mol. The Morgan fingerprint density at radius 2 is 2.18 bits per heavy atom. The van der Waals surface area contributed by atoms with Crippen LogP contribution in [0.5, 0.6) is 0 Å². The summed E-state index contributed by atoms with van der Waals surface area (Å²) >= 11 is 0. The van der Waals surface area contributed by atoms with Crippen molar-refractivity contribution in [1.29, 1.82) is 0 Å². The van der Waals surface area contributed by atoms with Crippen LogP contribution in [0, 0.1) is 5.82 Å². The normalized spacial score (nSPS) is 17.3. The maximum Gasteiger partial charge on any atom is 0.216 e. The lowest BCUT2D eigenvalue weighted by Crippen LogP contribution is -2.25. The summed E-state index contributed by atoms with van der Waals surface area (Å²) in [5.74, 6) is -0.00578. The fraction of sp³-hybridized carbons (Fsp3) is 0.400. The zero-order chi connectivity index (χ0) is 19.5. The Kier molecular flexibility index (Phi) is 5.29. The van der Waals surface area contributed by atoms with Crippen LogP contribution in [0.15, 0.2) is 36.7 Å². The molecule has 4 rings (SSSR count). The number of amides is 1. The standard InChI is InChI=1S/C20H23FN6O/c1-14(28)22-8-10-27-20-19(23-6-7-24-20)18(25-27)16-5-9-26(13-16)12-15-3-2-4-17(21)11-15/h2-4,6-7,11,16H,5,8-10,12-13H2,1H3,(H,22,28). The lowest BCUT2D eigenvalue weighted by atomic mass is 10.0. The number of nitrogens with one attached hydrogen (secondary N) is 1. The van der Waals surface area contributed by atoms with Gasteiger partial charge in [-0.15, -0.1) is 0 Å². The van der Waals surface area contributed by atoms with Crippen LogP contribution in [0.1, 0.15) is 30.5 Å². The van der Waals surface area contributed by atoms with E-state index in [1.165, 1.54) is 13.0 Å². The second-order valence-electron chi connectivity index (χ2n) is 7.17. The van der Waals surface area contributed by atoms with Crippen LogP contribution in [0.2, 0.25) is 0 Å². The molecule has 0 aliphatic carbocycles. The van der Waals surface area contributed by atoms with E-state index in [-0.39, 0.29) is 17.6 Å². The summed E-state index contributed by atoms with van der Waals surface area (Å²) in [6, 6.07) is 6.76. The topological polar surface area (TPSA) is 75.9 Å². The van der Waals surface area contributed by atoms with Crippen LogP contribution in [-0.4, -0.2) is 50.2 Å². The molecular weight excluding hydrogens is 359 g/mol. The first-order valence-corrected chi connectivity index (χ1v) is 9.49. The highest BCUT2D eigenvalue weighted by atomic mass is 19.1. The second kappa shape index (κ2) is 8.02. The van der Waals surface area contributed by atoms with Crippen molar-refractivity contribution in [2.45, 2.75) is 32.4 Å². The van der Waals surface area contributed by atoms with Crippen LogP contribution < -0.4 is 5.32 Å². The first-order chi connectivity index (χ1) is 13.6. The minimum atomic E-state index is -0.201. The van der Waals surface area contributed by atoms with E-state index in [4.69, 9.17) is 5.10 Å². The Hall–Kier alpha value is -2.87. The summed E-state index contributed by atoms with van der Waals surface area (Å²) in [5, 5.41) is 7.57. The number of nitrogens with zero attached hydrogens (tertiary/aromatic N) is 5. The molecule has 28 heavy (non-hydrogen) atoms. The molecule has 1 saturated heterocycles. The fourth-order valence-corrected chi connectivity index (χ4v) is 3.79. The van der Waals surface area contributed by atoms with Crippen molar-refractivity contribution < 1.29 is 9.18 Å². The molecule has 1 atom stereocenters. The van der Waals surface area contributed by atoms with E-state index < -0.39 is 0 Å². The first kappa shape index (κ1) is 18.5. The van der Waals surface area contributed by atoms with Crippen LogP contribution in [-0.2, 0) is 17.9 Å². The molecule has 0 radical (unpaired) electrons. The van der Waals surface area contributed by atoms with Gasteiger partial charge in [0.25, 0.3) is 0 Å². The summed E-state index contributed by atoms with van der Waals surface area (Å²) < 4.78 is 15.3. The van der Waals surface area contributed by atoms with E-state index in [2.05, 4.69) is 20.2 Å². The van der Waals surface area contributed by atoms with Crippen LogP contribution >= 0.6 is 0 Å². The molecule has 1 unspecified atom stereocenters. The summed E-state index contributed by atoms with van der Waals surface area (Å²) in [6.07, 6.45) is 4.32. The van der Waals surface area contributed by atoms with E-state index in [0.29, 0.717) is 13.1 Å². The second-order valence-corrected chi connectivity index (χ2v) is 7.17. The van der Waals surface area contributed by atoms with Gasteiger partial charge in [0.05, 0.1) is 12.2 Å². The molecular formula is C20H23FN6O. The van der Waals surface area contributed by atoms with E-state index in [0.717, 1.165) is 48.5 Å². The summed E-state index contributed by atoms with van der Waals surface area (Å²) in [4.78, 5) is 22.4. The maximum atomic E-state index is 13.4. The van der Waals surface area contributed by atoms with Crippen molar-refractivity contribution in [2.24, 2.45) is 0 Å². The Bertz CT molecular complexity index is 988. The van der Waals surface area contributed by atoms with E-state index >= 15 is 0 Å². The minimum Gasteiger partial charge on any atom is -0.354 e. The number of rotatable bonds is 6. The van der Waals surface area contributed by atoms with Gasteiger partial charge in [0.1, 0.15) is 11.3 Å². The van der Waals surface area contributed by atoms with Gasteiger partial charge in [-0.1, -0.05) is 12.1 Å². The van der Waals surface area contributed by atoms with Crippen LogP contribution in [0.25, 0.3) is 11.2 Å². The first-order valence-electron chi connectivity index (χ1n) is 9.49. The fourth-order valence-electron chi connectivity index (χ4n) is 3.79. The van der Waals surface area contributed by atoms with Crippen molar-refractivity contribution in [3.63, 3.8) is 0 Å². The molecule has 1 aromatic carbocycles. The van der Waals surface area contributed by atoms with Crippen molar-refractivity contribution in [3.05, 3.63) is 53.7 Å². The third-order valence-corrected chi connectivity index (χ3v) is 5.05. The molecule has 146 valence electrons. The van der Waals surface area contributed by atoms with Gasteiger partial charge in [-0.3, -0.25) is 9.69 Å². The molecule has 1 aliphatic rings. The molecule has 3 heterocycles.